The summed E-state index contributed by atoms with van der Waals surface area (Å²) < 4.78 is 29.6. The first-order valence-electron chi connectivity index (χ1n) is 2.17. The fraction of sp³-hybridized carbons (Fsp3) is 0.500. The van der Waals surface area contributed by atoms with Crippen LogP contribution < -0.4 is 29.6 Å². The maximum Gasteiger partial charge on any atom is 1.00 e. The van der Waals surface area contributed by atoms with Gasteiger partial charge in [-0.25, -0.2) is 8.42 Å². The average Bonchev–Trinajstić information content (AvgIpc) is 1.59. The van der Waals surface area contributed by atoms with Crippen LogP contribution in [0.25, 0.3) is 0 Å². The normalized spacial score (nSPS) is 12.5. The van der Waals surface area contributed by atoms with Crippen LogP contribution in [0.2, 0.25) is 0 Å². The molecule has 0 radical (unpaired) electrons. The number of allylic oxidation sites excluding steroid dienone is 1. The number of hydrogen-bond acceptors (Lipinski definition) is 3. The summed E-state index contributed by atoms with van der Waals surface area (Å²) in [6, 6.07) is 0. The minimum absolute atomic E-state index is 0. The van der Waals surface area contributed by atoms with E-state index >= 15 is 0 Å². The van der Waals surface area contributed by atoms with Gasteiger partial charge in [0.1, 0.15) is 0 Å². The summed E-state index contributed by atoms with van der Waals surface area (Å²) in [5.74, 6) is -0.525. The summed E-state index contributed by atoms with van der Waals surface area (Å²) in [6.45, 7) is 1.51. The van der Waals surface area contributed by atoms with Gasteiger partial charge in [0.05, 0.1) is 15.9 Å². The molecule has 0 aromatic carbocycles. The molecular formula is C4H6ClNaO3S. The second-order valence-electron chi connectivity index (χ2n) is 1.52. The van der Waals surface area contributed by atoms with Crippen LogP contribution in [-0.2, 0) is 10.1 Å². The Bertz CT molecular complexity index is 205. The SMILES string of the molecule is C/C(Cl)=C\CS(=O)(=O)[O-].[Na+]. The smallest absolute Gasteiger partial charge is 0.748 e. The van der Waals surface area contributed by atoms with Crippen molar-refractivity contribution >= 4 is 21.7 Å². The zero-order chi connectivity index (χ0) is 7.49. The predicted molar refractivity (Wildman–Crippen MR) is 34.2 cm³/mol. The van der Waals surface area contributed by atoms with Gasteiger partial charge >= 0.3 is 29.6 Å². The summed E-state index contributed by atoms with van der Waals surface area (Å²) in [7, 11) is -4.13. The molecule has 0 rings (SSSR count). The van der Waals surface area contributed by atoms with Gasteiger partial charge in [-0.3, -0.25) is 0 Å². The number of halogens is 1. The van der Waals surface area contributed by atoms with Crippen LogP contribution >= 0.6 is 11.6 Å². The van der Waals surface area contributed by atoms with Crippen molar-refractivity contribution in [2.24, 2.45) is 0 Å². The molecule has 10 heavy (non-hydrogen) atoms. The molecular weight excluding hydrogens is 187 g/mol. The third-order valence-corrected chi connectivity index (χ3v) is 1.30. The number of rotatable bonds is 2. The molecule has 0 bridgehead atoms. The maximum atomic E-state index is 9.88. The quantitative estimate of drug-likeness (QED) is 0.365. The van der Waals surface area contributed by atoms with Crippen LogP contribution in [0.1, 0.15) is 6.92 Å². The van der Waals surface area contributed by atoms with Crippen molar-refractivity contribution in [3.05, 3.63) is 11.1 Å². The number of hydrogen-bond donors (Lipinski definition) is 0. The van der Waals surface area contributed by atoms with Crippen molar-refractivity contribution in [1.29, 1.82) is 0 Å². The Kier molecular flexibility index (Phi) is 7.54. The fourth-order valence-electron chi connectivity index (χ4n) is 0.217. The second kappa shape index (κ2) is 5.57. The van der Waals surface area contributed by atoms with E-state index in [0.29, 0.717) is 5.03 Å². The third kappa shape index (κ3) is 11.7. The van der Waals surface area contributed by atoms with Gasteiger partial charge in [0.15, 0.2) is 0 Å². The molecule has 0 aromatic heterocycles. The van der Waals surface area contributed by atoms with Gasteiger partial charge in [0.2, 0.25) is 0 Å². The Morgan fingerprint density at radius 2 is 2.10 bits per heavy atom. The van der Waals surface area contributed by atoms with Gasteiger partial charge in [-0.05, 0) is 6.92 Å². The van der Waals surface area contributed by atoms with Crippen LogP contribution in [0.3, 0.4) is 0 Å². The molecule has 0 unspecified atom stereocenters. The summed E-state index contributed by atoms with van der Waals surface area (Å²) in [6.07, 6.45) is 1.16. The van der Waals surface area contributed by atoms with Crippen molar-refractivity contribution in [1.82, 2.24) is 0 Å². The minimum atomic E-state index is -4.13. The van der Waals surface area contributed by atoms with Gasteiger partial charge < -0.3 is 4.55 Å². The first-order valence-corrected chi connectivity index (χ1v) is 4.13. The Labute approximate surface area is 87.5 Å². The van der Waals surface area contributed by atoms with Gasteiger partial charge in [0.25, 0.3) is 0 Å². The molecule has 0 fully saturated rings. The molecule has 0 saturated carbocycles. The van der Waals surface area contributed by atoms with Crippen molar-refractivity contribution in [2.75, 3.05) is 5.75 Å². The summed E-state index contributed by atoms with van der Waals surface area (Å²) in [5.41, 5.74) is 0. The maximum absolute atomic E-state index is 9.88. The summed E-state index contributed by atoms with van der Waals surface area (Å²) in [5, 5.41) is 0.314. The van der Waals surface area contributed by atoms with Gasteiger partial charge in [-0.1, -0.05) is 17.7 Å². The Morgan fingerprint density at radius 1 is 1.70 bits per heavy atom. The van der Waals surface area contributed by atoms with Gasteiger partial charge in [-0.15, -0.1) is 0 Å². The molecule has 0 aliphatic carbocycles. The molecule has 0 amide bonds. The van der Waals surface area contributed by atoms with E-state index in [1.807, 2.05) is 0 Å². The average molecular weight is 193 g/mol. The predicted octanol–water partition coefficient (Wildman–Crippen LogP) is -2.32. The zero-order valence-electron chi connectivity index (χ0n) is 5.80. The van der Waals surface area contributed by atoms with E-state index in [4.69, 9.17) is 11.6 Å². The van der Waals surface area contributed by atoms with Crippen LogP contribution in [0, 0.1) is 0 Å². The van der Waals surface area contributed by atoms with Crippen LogP contribution in [-0.4, -0.2) is 18.7 Å². The van der Waals surface area contributed by atoms with E-state index in [1.165, 1.54) is 6.92 Å². The molecule has 54 valence electrons. The van der Waals surface area contributed by atoms with E-state index in [-0.39, 0.29) is 29.6 Å². The van der Waals surface area contributed by atoms with Crippen molar-refractivity contribution < 1.29 is 42.5 Å². The third-order valence-electron chi connectivity index (χ3n) is 0.569. The van der Waals surface area contributed by atoms with Crippen LogP contribution in [0.5, 0.6) is 0 Å². The summed E-state index contributed by atoms with van der Waals surface area (Å²) in [4.78, 5) is 0. The van der Waals surface area contributed by atoms with Gasteiger partial charge in [-0.2, -0.15) is 0 Å². The Balaban J connectivity index is 0. The van der Waals surface area contributed by atoms with E-state index in [1.54, 1.807) is 0 Å². The largest absolute Gasteiger partial charge is 1.00 e. The van der Waals surface area contributed by atoms with E-state index < -0.39 is 15.9 Å². The topological polar surface area (TPSA) is 57.2 Å². The van der Waals surface area contributed by atoms with Crippen molar-refractivity contribution in [3.63, 3.8) is 0 Å². The molecule has 0 saturated heterocycles. The van der Waals surface area contributed by atoms with Crippen molar-refractivity contribution in [3.8, 4) is 0 Å². The Morgan fingerprint density at radius 3 is 2.20 bits per heavy atom. The molecule has 0 aromatic rings. The molecule has 0 aliphatic rings. The molecule has 0 spiro atoms. The first-order chi connectivity index (χ1) is 3.92. The van der Waals surface area contributed by atoms with Crippen LogP contribution in [0.15, 0.2) is 11.1 Å². The minimum Gasteiger partial charge on any atom is -0.748 e. The van der Waals surface area contributed by atoms with Crippen LogP contribution in [0.4, 0.5) is 0 Å². The van der Waals surface area contributed by atoms with E-state index in [2.05, 4.69) is 0 Å². The standard InChI is InChI=1S/C4H7ClO3S.Na/c1-4(5)2-3-9(6,7)8;/h2H,3H2,1H3,(H,6,7,8);/q;+1/p-1/b4-2+;. The molecule has 3 nitrogen and oxygen atoms in total. The summed E-state index contributed by atoms with van der Waals surface area (Å²) >= 11 is 5.24. The zero-order valence-corrected chi connectivity index (χ0v) is 9.37. The Hall–Kier alpha value is 0.940. The fourth-order valence-corrected chi connectivity index (χ4v) is 0.840. The molecule has 0 aliphatic heterocycles. The second-order valence-corrected chi connectivity index (χ2v) is 3.56. The molecule has 6 heteroatoms. The molecule has 0 N–H and O–H groups in total. The van der Waals surface area contributed by atoms with Gasteiger partial charge in [0, 0.05) is 5.03 Å². The van der Waals surface area contributed by atoms with Crippen molar-refractivity contribution in [2.45, 2.75) is 6.92 Å². The monoisotopic (exact) mass is 192 g/mol. The van der Waals surface area contributed by atoms with E-state index in [9.17, 15) is 13.0 Å². The molecule has 0 heterocycles. The molecule has 0 atom stereocenters. The van der Waals surface area contributed by atoms with E-state index in [0.717, 1.165) is 6.08 Å². The first kappa shape index (κ1) is 13.5.